The SMILES string of the molecule is Cc1ccc(S(=O)(=O)CNC(=O)[O-])cc1. The van der Waals surface area contributed by atoms with Gasteiger partial charge in [-0.05, 0) is 19.1 Å². The smallest absolute Gasteiger partial charge is 0.196 e. The molecule has 15 heavy (non-hydrogen) atoms. The summed E-state index contributed by atoms with van der Waals surface area (Å²) >= 11 is 0. The molecule has 0 bridgehead atoms. The summed E-state index contributed by atoms with van der Waals surface area (Å²) in [5.41, 5.74) is 0.932. The number of rotatable bonds is 3. The predicted octanol–water partition coefficient (Wildman–Crippen LogP) is -0.341. The molecule has 1 aromatic carbocycles. The van der Waals surface area contributed by atoms with Crippen LogP contribution in [0.2, 0.25) is 0 Å². The van der Waals surface area contributed by atoms with Crippen LogP contribution in [0.15, 0.2) is 29.2 Å². The van der Waals surface area contributed by atoms with Gasteiger partial charge in [0.15, 0.2) is 9.84 Å². The summed E-state index contributed by atoms with van der Waals surface area (Å²) in [6, 6.07) is 6.15. The zero-order chi connectivity index (χ0) is 11.5. The van der Waals surface area contributed by atoms with Crippen molar-refractivity contribution in [2.75, 3.05) is 5.88 Å². The van der Waals surface area contributed by atoms with Crippen LogP contribution in [0.1, 0.15) is 5.56 Å². The molecule has 0 atom stereocenters. The molecule has 0 heterocycles. The minimum Gasteiger partial charge on any atom is -0.530 e. The third-order valence-corrected chi connectivity index (χ3v) is 3.30. The Morgan fingerprint density at radius 3 is 2.33 bits per heavy atom. The van der Waals surface area contributed by atoms with Gasteiger partial charge in [0.25, 0.3) is 0 Å². The van der Waals surface area contributed by atoms with Gasteiger partial charge in [0.2, 0.25) is 0 Å². The van der Waals surface area contributed by atoms with Gasteiger partial charge in [0.05, 0.1) is 4.90 Å². The van der Waals surface area contributed by atoms with Crippen LogP contribution < -0.4 is 10.4 Å². The Balaban J connectivity index is 2.87. The van der Waals surface area contributed by atoms with Gasteiger partial charge >= 0.3 is 0 Å². The zero-order valence-corrected chi connectivity index (χ0v) is 8.87. The average molecular weight is 228 g/mol. The Bertz CT molecular complexity index is 450. The maximum atomic E-state index is 11.5. The van der Waals surface area contributed by atoms with Crippen LogP contribution in [0.3, 0.4) is 0 Å². The molecule has 0 aromatic heterocycles. The summed E-state index contributed by atoms with van der Waals surface area (Å²) in [7, 11) is -3.60. The average Bonchev–Trinajstić information content (AvgIpc) is 2.16. The largest absolute Gasteiger partial charge is 0.530 e. The molecule has 82 valence electrons. The van der Waals surface area contributed by atoms with Crippen molar-refractivity contribution < 1.29 is 18.3 Å². The number of carboxylic acid groups (broad SMARTS) is 1. The summed E-state index contributed by atoms with van der Waals surface area (Å²) in [6.07, 6.45) is -1.61. The van der Waals surface area contributed by atoms with E-state index in [1.54, 1.807) is 17.4 Å². The maximum Gasteiger partial charge on any atom is 0.196 e. The van der Waals surface area contributed by atoms with Crippen LogP contribution in [0.25, 0.3) is 0 Å². The zero-order valence-electron chi connectivity index (χ0n) is 8.06. The van der Waals surface area contributed by atoms with E-state index in [-0.39, 0.29) is 4.90 Å². The number of sulfone groups is 1. The number of benzene rings is 1. The molecule has 1 amide bonds. The molecule has 0 aliphatic rings. The van der Waals surface area contributed by atoms with E-state index >= 15 is 0 Å². The lowest BCUT2D eigenvalue weighted by Crippen LogP contribution is -2.39. The molecule has 0 spiro atoms. The fraction of sp³-hybridized carbons (Fsp3) is 0.222. The lowest BCUT2D eigenvalue weighted by molar-refractivity contribution is -0.250. The third kappa shape index (κ3) is 3.25. The molecule has 0 radical (unpaired) electrons. The van der Waals surface area contributed by atoms with E-state index in [1.807, 2.05) is 6.92 Å². The van der Waals surface area contributed by atoms with E-state index in [1.165, 1.54) is 12.1 Å². The number of hydrogen-bond acceptors (Lipinski definition) is 4. The summed E-state index contributed by atoms with van der Waals surface area (Å²) in [5.74, 6) is -0.668. The first-order valence-electron chi connectivity index (χ1n) is 4.16. The van der Waals surface area contributed by atoms with Crippen LogP contribution in [-0.2, 0) is 9.84 Å². The van der Waals surface area contributed by atoms with Gasteiger partial charge in [-0.1, -0.05) is 17.7 Å². The molecule has 0 unspecified atom stereocenters. The first kappa shape index (κ1) is 11.5. The molecule has 0 aliphatic carbocycles. The summed E-state index contributed by atoms with van der Waals surface area (Å²) < 4.78 is 23.0. The Labute approximate surface area is 87.7 Å². The van der Waals surface area contributed by atoms with Crippen LogP contribution in [0, 0.1) is 6.92 Å². The molecule has 1 aromatic rings. The lowest BCUT2D eigenvalue weighted by Gasteiger charge is -2.07. The predicted molar refractivity (Wildman–Crippen MR) is 51.8 cm³/mol. The van der Waals surface area contributed by atoms with Gasteiger partial charge in [-0.15, -0.1) is 0 Å². The van der Waals surface area contributed by atoms with Crippen molar-refractivity contribution >= 4 is 15.9 Å². The molecule has 0 aliphatic heterocycles. The highest BCUT2D eigenvalue weighted by molar-refractivity contribution is 7.91. The van der Waals surface area contributed by atoms with Gasteiger partial charge in [0.1, 0.15) is 12.0 Å². The van der Waals surface area contributed by atoms with Crippen molar-refractivity contribution in [2.24, 2.45) is 0 Å². The van der Waals surface area contributed by atoms with Gasteiger partial charge in [-0.25, -0.2) is 8.42 Å². The first-order valence-corrected chi connectivity index (χ1v) is 5.81. The normalized spacial score (nSPS) is 11.0. The van der Waals surface area contributed by atoms with Gasteiger partial charge in [-0.3, -0.25) is 0 Å². The van der Waals surface area contributed by atoms with E-state index < -0.39 is 21.8 Å². The van der Waals surface area contributed by atoms with Crippen LogP contribution in [-0.4, -0.2) is 20.4 Å². The van der Waals surface area contributed by atoms with E-state index in [0.717, 1.165) is 5.56 Å². The molecule has 6 heteroatoms. The van der Waals surface area contributed by atoms with Crippen molar-refractivity contribution in [3.8, 4) is 0 Å². The van der Waals surface area contributed by atoms with Crippen LogP contribution in [0.5, 0.6) is 0 Å². The summed E-state index contributed by atoms with van der Waals surface area (Å²) in [5, 5.41) is 11.8. The Hall–Kier alpha value is -1.56. The third-order valence-electron chi connectivity index (χ3n) is 1.79. The molecular weight excluding hydrogens is 218 g/mol. The molecule has 0 saturated carbocycles. The van der Waals surface area contributed by atoms with Gasteiger partial charge in [-0.2, -0.15) is 0 Å². The summed E-state index contributed by atoms with van der Waals surface area (Å²) in [4.78, 5) is 10.1. The van der Waals surface area contributed by atoms with E-state index in [0.29, 0.717) is 0 Å². The van der Waals surface area contributed by atoms with Crippen molar-refractivity contribution in [3.05, 3.63) is 29.8 Å². The Kier molecular flexibility index (Phi) is 3.31. The van der Waals surface area contributed by atoms with Crippen LogP contribution >= 0.6 is 0 Å². The molecule has 0 saturated heterocycles. The van der Waals surface area contributed by atoms with Crippen molar-refractivity contribution in [1.29, 1.82) is 0 Å². The highest BCUT2D eigenvalue weighted by Gasteiger charge is 2.12. The molecule has 5 nitrogen and oxygen atoms in total. The second-order valence-electron chi connectivity index (χ2n) is 3.04. The second kappa shape index (κ2) is 4.31. The Morgan fingerprint density at radius 1 is 1.33 bits per heavy atom. The van der Waals surface area contributed by atoms with Crippen molar-refractivity contribution in [2.45, 2.75) is 11.8 Å². The molecule has 1 rings (SSSR count). The maximum absolute atomic E-state index is 11.5. The van der Waals surface area contributed by atoms with E-state index in [4.69, 9.17) is 0 Å². The number of hydrogen-bond donors (Lipinski definition) is 1. The van der Waals surface area contributed by atoms with Crippen molar-refractivity contribution in [3.63, 3.8) is 0 Å². The standard InChI is InChI=1S/C9H11NO4S/c1-7-2-4-8(5-3-7)15(13,14)6-10-9(11)12/h2-5,10H,6H2,1H3,(H,11,12)/p-1. The van der Waals surface area contributed by atoms with Gasteiger partial charge in [0, 0.05) is 0 Å². The highest BCUT2D eigenvalue weighted by Crippen LogP contribution is 2.10. The fourth-order valence-corrected chi connectivity index (χ4v) is 2.01. The minimum atomic E-state index is -3.60. The molecule has 1 N–H and O–H groups in total. The lowest BCUT2D eigenvalue weighted by atomic mass is 10.2. The number of carbonyl (C=O) groups is 1. The second-order valence-corrected chi connectivity index (χ2v) is 5.03. The number of amides is 1. The Morgan fingerprint density at radius 2 is 1.87 bits per heavy atom. The van der Waals surface area contributed by atoms with E-state index in [2.05, 4.69) is 0 Å². The van der Waals surface area contributed by atoms with E-state index in [9.17, 15) is 18.3 Å². The topological polar surface area (TPSA) is 86.3 Å². The quantitative estimate of drug-likeness (QED) is 0.766. The number of nitrogens with one attached hydrogen (secondary N) is 1. The number of carbonyl (C=O) groups excluding carboxylic acids is 1. The van der Waals surface area contributed by atoms with Crippen LogP contribution in [0.4, 0.5) is 4.79 Å². The highest BCUT2D eigenvalue weighted by atomic mass is 32.2. The number of aryl methyl sites for hydroxylation is 1. The first-order chi connectivity index (χ1) is 6.92. The minimum absolute atomic E-state index is 0.0850. The van der Waals surface area contributed by atoms with Crippen molar-refractivity contribution in [1.82, 2.24) is 5.32 Å². The van der Waals surface area contributed by atoms with Gasteiger partial charge < -0.3 is 15.2 Å². The monoisotopic (exact) mass is 228 g/mol. The summed E-state index contributed by atoms with van der Waals surface area (Å²) in [6.45, 7) is 1.83. The fourth-order valence-electron chi connectivity index (χ4n) is 0.983. The molecule has 0 fully saturated rings. The molecular formula is C9H10NO4S-.